The Balaban J connectivity index is 2.79. The summed E-state index contributed by atoms with van der Waals surface area (Å²) in [7, 11) is -4.05. The summed E-state index contributed by atoms with van der Waals surface area (Å²) in [5, 5.41) is 11.5. The number of rotatable bonds is 3. The van der Waals surface area contributed by atoms with Crippen LogP contribution in [0.4, 0.5) is 0 Å². The van der Waals surface area contributed by atoms with Crippen LogP contribution >= 0.6 is 0 Å². The molecule has 1 atom stereocenters. The minimum Gasteiger partial charge on any atom is -0.297 e. The van der Waals surface area contributed by atoms with Gasteiger partial charge < -0.3 is 0 Å². The Morgan fingerprint density at radius 2 is 2.08 bits per heavy atom. The molecule has 1 aliphatic carbocycles. The molecule has 72 valence electrons. The number of hydrogen-bond donors (Lipinski definition) is 1. The fraction of sp³-hybridized carbons (Fsp3) is 0.714. The molecule has 0 aromatic rings. The van der Waals surface area contributed by atoms with Gasteiger partial charge in [0.25, 0.3) is 0 Å². The highest BCUT2D eigenvalue weighted by molar-refractivity contribution is 7.90. The van der Waals surface area contributed by atoms with Crippen LogP contribution < -0.4 is 5.14 Å². The number of ketones is 1. The Morgan fingerprint density at radius 3 is 2.31 bits per heavy atom. The largest absolute Gasteiger partial charge is 0.297 e. The molecule has 0 radical (unpaired) electrons. The fourth-order valence-electron chi connectivity index (χ4n) is 1.21. The molecule has 1 unspecified atom stereocenters. The molecule has 1 fully saturated rings. The summed E-state index contributed by atoms with van der Waals surface area (Å²) in [5.41, 5.74) is 0. The second-order valence-corrected chi connectivity index (χ2v) is 4.78. The van der Waals surface area contributed by atoms with Crippen molar-refractivity contribution in [1.82, 2.24) is 0 Å². The Morgan fingerprint density at radius 1 is 1.54 bits per heavy atom. The summed E-state index contributed by atoms with van der Waals surface area (Å²) in [6, 6.07) is 1.43. The van der Waals surface area contributed by atoms with E-state index in [2.05, 4.69) is 0 Å². The second-order valence-electron chi connectivity index (χ2n) is 3.13. The van der Waals surface area contributed by atoms with E-state index in [4.69, 9.17) is 10.4 Å². The number of carbonyl (C=O) groups is 1. The maximum Gasteiger partial charge on any atom is 0.232 e. The molecule has 1 rings (SSSR count). The molecule has 2 N–H and O–H groups in total. The van der Waals surface area contributed by atoms with E-state index >= 15 is 0 Å². The smallest absolute Gasteiger partial charge is 0.232 e. The lowest BCUT2D eigenvalue weighted by molar-refractivity contribution is -0.123. The predicted molar refractivity (Wildman–Crippen MR) is 44.9 cm³/mol. The average Bonchev–Trinajstić information content (AvgIpc) is 1.80. The van der Waals surface area contributed by atoms with E-state index in [-0.39, 0.29) is 5.92 Å². The highest BCUT2D eigenvalue weighted by atomic mass is 32.2. The van der Waals surface area contributed by atoms with Crippen LogP contribution in [0.3, 0.4) is 0 Å². The van der Waals surface area contributed by atoms with Gasteiger partial charge in [0.1, 0.15) is 0 Å². The van der Waals surface area contributed by atoms with E-state index in [1.807, 2.05) is 0 Å². The summed E-state index contributed by atoms with van der Waals surface area (Å²) in [6.45, 7) is 0. The molecule has 0 aromatic heterocycles. The Labute approximate surface area is 76.6 Å². The normalized spacial score (nSPS) is 20.0. The van der Waals surface area contributed by atoms with Gasteiger partial charge in [-0.25, -0.2) is 13.6 Å². The van der Waals surface area contributed by atoms with Crippen LogP contribution in [0, 0.1) is 17.2 Å². The van der Waals surface area contributed by atoms with Crippen LogP contribution in [-0.4, -0.2) is 19.5 Å². The van der Waals surface area contributed by atoms with E-state index in [1.165, 1.54) is 6.07 Å². The molecule has 1 saturated carbocycles. The van der Waals surface area contributed by atoms with Crippen LogP contribution in [0.25, 0.3) is 0 Å². The predicted octanol–water partition coefficient (Wildman–Crippen LogP) is -0.464. The highest BCUT2D eigenvalue weighted by Gasteiger charge is 2.37. The topological polar surface area (TPSA) is 101 Å². The van der Waals surface area contributed by atoms with E-state index < -0.39 is 21.1 Å². The number of sulfonamides is 1. The lowest BCUT2D eigenvalue weighted by atomic mass is 9.81. The number of hydrogen-bond acceptors (Lipinski definition) is 4. The van der Waals surface area contributed by atoms with Crippen LogP contribution in [0.5, 0.6) is 0 Å². The van der Waals surface area contributed by atoms with Gasteiger partial charge in [-0.1, -0.05) is 6.42 Å². The lowest BCUT2D eigenvalue weighted by Gasteiger charge is -2.24. The first-order valence-electron chi connectivity index (χ1n) is 3.91. The molecule has 0 saturated heterocycles. The molecule has 0 amide bonds. The minimum absolute atomic E-state index is 0.275. The number of primary sulfonamides is 1. The summed E-state index contributed by atoms with van der Waals surface area (Å²) >= 11 is 0. The van der Waals surface area contributed by atoms with E-state index in [0.29, 0.717) is 12.8 Å². The first-order valence-corrected chi connectivity index (χ1v) is 5.52. The summed E-state index contributed by atoms with van der Waals surface area (Å²) in [6.07, 6.45) is 2.26. The number of nitriles is 1. The quantitative estimate of drug-likeness (QED) is 0.668. The molecule has 6 heteroatoms. The first-order chi connectivity index (χ1) is 5.96. The van der Waals surface area contributed by atoms with Crippen LogP contribution in [-0.2, 0) is 14.8 Å². The second kappa shape index (κ2) is 3.44. The van der Waals surface area contributed by atoms with Gasteiger partial charge in [0, 0.05) is 5.92 Å². The van der Waals surface area contributed by atoms with Crippen molar-refractivity contribution in [2.75, 3.05) is 0 Å². The highest BCUT2D eigenvalue weighted by Crippen LogP contribution is 2.28. The minimum atomic E-state index is -4.05. The van der Waals surface area contributed by atoms with Gasteiger partial charge in [-0.3, -0.25) is 4.79 Å². The summed E-state index contributed by atoms with van der Waals surface area (Å²) in [5.74, 6) is -0.820. The van der Waals surface area contributed by atoms with E-state index in [1.54, 1.807) is 0 Å². The standard InChI is InChI=1S/C7H10N2O3S/c8-4-6(13(9,11)12)7(10)5-2-1-3-5/h5-6H,1-3H2,(H2,9,11,12). The zero-order valence-corrected chi connectivity index (χ0v) is 7.75. The van der Waals surface area contributed by atoms with Gasteiger partial charge in [-0.15, -0.1) is 0 Å². The van der Waals surface area contributed by atoms with Crippen molar-refractivity contribution < 1.29 is 13.2 Å². The molecule has 0 aliphatic heterocycles. The zero-order valence-electron chi connectivity index (χ0n) is 6.93. The number of Topliss-reactive ketones (excluding diaryl/α,β-unsaturated/α-hetero) is 1. The third-order valence-corrected chi connectivity index (χ3v) is 3.21. The van der Waals surface area contributed by atoms with Crippen LogP contribution in [0.1, 0.15) is 19.3 Å². The van der Waals surface area contributed by atoms with E-state index in [0.717, 1.165) is 6.42 Å². The van der Waals surface area contributed by atoms with Crippen molar-refractivity contribution >= 4 is 15.8 Å². The lowest BCUT2D eigenvalue weighted by Crippen LogP contribution is -2.40. The third kappa shape index (κ3) is 2.05. The average molecular weight is 202 g/mol. The molecule has 13 heavy (non-hydrogen) atoms. The van der Waals surface area contributed by atoms with Crippen LogP contribution in [0.2, 0.25) is 0 Å². The van der Waals surface area contributed by atoms with E-state index in [9.17, 15) is 13.2 Å². The molecular formula is C7H10N2O3S. The maximum atomic E-state index is 11.3. The SMILES string of the molecule is N#CC(C(=O)C1CCC1)S(N)(=O)=O. The fourth-order valence-corrected chi connectivity index (χ4v) is 1.87. The summed E-state index contributed by atoms with van der Waals surface area (Å²) < 4.78 is 21.6. The molecule has 0 spiro atoms. The number of nitrogens with zero attached hydrogens (tertiary/aromatic N) is 1. The van der Waals surface area contributed by atoms with Crippen molar-refractivity contribution in [3.63, 3.8) is 0 Å². The zero-order chi connectivity index (χ0) is 10.1. The van der Waals surface area contributed by atoms with Gasteiger partial charge >= 0.3 is 0 Å². The van der Waals surface area contributed by atoms with Crippen molar-refractivity contribution in [2.45, 2.75) is 24.5 Å². The number of carbonyl (C=O) groups excluding carboxylic acids is 1. The maximum absolute atomic E-state index is 11.3. The van der Waals surface area contributed by atoms with Gasteiger partial charge in [0.2, 0.25) is 15.3 Å². The van der Waals surface area contributed by atoms with Crippen LogP contribution in [0.15, 0.2) is 0 Å². The van der Waals surface area contributed by atoms with Gasteiger partial charge in [-0.05, 0) is 12.8 Å². The molecule has 0 heterocycles. The van der Waals surface area contributed by atoms with Crippen molar-refractivity contribution in [1.29, 1.82) is 5.26 Å². The van der Waals surface area contributed by atoms with Crippen molar-refractivity contribution in [3.8, 4) is 6.07 Å². The molecule has 1 aliphatic rings. The van der Waals surface area contributed by atoms with Crippen molar-refractivity contribution in [2.24, 2.45) is 11.1 Å². The Hall–Kier alpha value is -0.930. The van der Waals surface area contributed by atoms with Gasteiger partial charge in [0.05, 0.1) is 6.07 Å². The third-order valence-electron chi connectivity index (χ3n) is 2.21. The molecular weight excluding hydrogens is 192 g/mol. The molecule has 0 bridgehead atoms. The van der Waals surface area contributed by atoms with Gasteiger partial charge in [-0.2, -0.15) is 5.26 Å². The number of nitrogens with two attached hydrogens (primary N) is 1. The summed E-state index contributed by atoms with van der Waals surface area (Å²) in [4.78, 5) is 11.3. The molecule has 5 nitrogen and oxygen atoms in total. The van der Waals surface area contributed by atoms with Gasteiger partial charge in [0.15, 0.2) is 5.78 Å². The first kappa shape index (κ1) is 10.2. The van der Waals surface area contributed by atoms with Crippen molar-refractivity contribution in [3.05, 3.63) is 0 Å². The molecule has 0 aromatic carbocycles. The monoisotopic (exact) mass is 202 g/mol. The Bertz CT molecular complexity index is 350. The Kier molecular flexibility index (Phi) is 2.68.